The number of hydrogen-bond donors (Lipinski definition) is 3. The Hall–Kier alpha value is -3.46. The Labute approximate surface area is 178 Å². The SMILES string of the molecule is COc1cc(Nc2ncnc3cc(OCCNC(C)=O)c(N)cc23)c(OC)cc1Cl. The Morgan fingerprint density at radius 2 is 1.87 bits per heavy atom. The molecule has 2 aromatic carbocycles. The van der Waals surface area contributed by atoms with Gasteiger partial charge in [0.1, 0.15) is 36.0 Å². The second kappa shape index (κ2) is 9.36. The third-order valence-corrected chi connectivity index (χ3v) is 4.52. The summed E-state index contributed by atoms with van der Waals surface area (Å²) in [4.78, 5) is 19.6. The normalized spacial score (nSPS) is 10.5. The number of nitrogens with zero attached hydrogens (tertiary/aromatic N) is 2. The molecule has 9 nitrogen and oxygen atoms in total. The minimum atomic E-state index is -0.122. The monoisotopic (exact) mass is 431 g/mol. The zero-order valence-corrected chi connectivity index (χ0v) is 17.5. The summed E-state index contributed by atoms with van der Waals surface area (Å²) in [7, 11) is 3.08. The van der Waals surface area contributed by atoms with E-state index in [1.54, 1.807) is 31.4 Å². The van der Waals surface area contributed by atoms with Gasteiger partial charge in [0.15, 0.2) is 0 Å². The maximum absolute atomic E-state index is 10.9. The van der Waals surface area contributed by atoms with E-state index in [0.717, 1.165) is 0 Å². The number of ether oxygens (including phenoxy) is 3. The molecule has 0 aliphatic rings. The number of nitrogen functional groups attached to an aromatic ring is 1. The Morgan fingerprint density at radius 1 is 1.10 bits per heavy atom. The fraction of sp³-hybridized carbons (Fsp3) is 0.250. The van der Waals surface area contributed by atoms with Crippen LogP contribution in [0.2, 0.25) is 5.02 Å². The molecule has 10 heteroatoms. The molecule has 0 unspecified atom stereocenters. The average Bonchev–Trinajstić information content (AvgIpc) is 2.72. The van der Waals surface area contributed by atoms with Crippen LogP contribution in [-0.4, -0.2) is 43.2 Å². The number of nitrogens with one attached hydrogen (secondary N) is 2. The molecule has 0 spiro atoms. The zero-order chi connectivity index (χ0) is 21.7. The van der Waals surface area contributed by atoms with E-state index in [1.165, 1.54) is 20.4 Å². The van der Waals surface area contributed by atoms with Gasteiger partial charge in [0.25, 0.3) is 0 Å². The zero-order valence-electron chi connectivity index (χ0n) is 16.8. The number of benzene rings is 2. The van der Waals surface area contributed by atoms with Crippen molar-refractivity contribution in [3.63, 3.8) is 0 Å². The summed E-state index contributed by atoms with van der Waals surface area (Å²) in [5.41, 5.74) is 7.83. The maximum atomic E-state index is 10.9. The summed E-state index contributed by atoms with van der Waals surface area (Å²) in [6.07, 6.45) is 1.43. The molecule has 30 heavy (non-hydrogen) atoms. The molecule has 3 rings (SSSR count). The highest BCUT2D eigenvalue weighted by Gasteiger charge is 2.14. The fourth-order valence-electron chi connectivity index (χ4n) is 2.80. The van der Waals surface area contributed by atoms with Crippen LogP contribution in [0.15, 0.2) is 30.6 Å². The smallest absolute Gasteiger partial charge is 0.216 e. The van der Waals surface area contributed by atoms with Crippen molar-refractivity contribution in [1.29, 1.82) is 0 Å². The van der Waals surface area contributed by atoms with Gasteiger partial charge >= 0.3 is 0 Å². The number of halogens is 1. The van der Waals surface area contributed by atoms with Crippen LogP contribution in [0.4, 0.5) is 17.2 Å². The van der Waals surface area contributed by atoms with E-state index < -0.39 is 0 Å². The lowest BCUT2D eigenvalue weighted by atomic mass is 10.2. The summed E-state index contributed by atoms with van der Waals surface area (Å²) in [6.45, 7) is 2.11. The molecular formula is C20H22ClN5O4. The van der Waals surface area contributed by atoms with Crippen molar-refractivity contribution in [2.45, 2.75) is 6.92 Å². The van der Waals surface area contributed by atoms with Crippen LogP contribution in [0.25, 0.3) is 10.9 Å². The summed E-state index contributed by atoms with van der Waals surface area (Å²) in [5.74, 6) is 1.90. The third-order valence-electron chi connectivity index (χ3n) is 4.23. The number of nitrogens with two attached hydrogens (primary N) is 1. The van der Waals surface area contributed by atoms with Gasteiger partial charge in [-0.2, -0.15) is 0 Å². The Kier molecular flexibility index (Phi) is 6.63. The third kappa shape index (κ3) is 4.74. The number of anilines is 3. The van der Waals surface area contributed by atoms with E-state index in [2.05, 4.69) is 20.6 Å². The highest BCUT2D eigenvalue weighted by molar-refractivity contribution is 6.32. The van der Waals surface area contributed by atoms with E-state index >= 15 is 0 Å². The van der Waals surface area contributed by atoms with Crippen LogP contribution in [0.1, 0.15) is 6.92 Å². The second-order valence-corrected chi connectivity index (χ2v) is 6.68. The molecule has 1 amide bonds. The van der Waals surface area contributed by atoms with Crippen molar-refractivity contribution < 1.29 is 19.0 Å². The lowest BCUT2D eigenvalue weighted by Crippen LogP contribution is -2.25. The molecule has 0 aliphatic heterocycles. The molecule has 0 saturated heterocycles. The largest absolute Gasteiger partial charge is 0.495 e. The van der Waals surface area contributed by atoms with Crippen molar-refractivity contribution in [1.82, 2.24) is 15.3 Å². The van der Waals surface area contributed by atoms with Gasteiger partial charge in [-0.05, 0) is 6.07 Å². The van der Waals surface area contributed by atoms with Crippen molar-refractivity contribution in [3.05, 3.63) is 35.6 Å². The van der Waals surface area contributed by atoms with Gasteiger partial charge in [-0.1, -0.05) is 11.6 Å². The molecule has 1 heterocycles. The van der Waals surface area contributed by atoms with Gasteiger partial charge in [-0.15, -0.1) is 0 Å². The van der Waals surface area contributed by atoms with E-state index in [0.29, 0.717) is 56.9 Å². The van der Waals surface area contributed by atoms with Gasteiger partial charge < -0.3 is 30.6 Å². The first-order valence-electron chi connectivity index (χ1n) is 9.03. The minimum absolute atomic E-state index is 0.122. The van der Waals surface area contributed by atoms with Crippen LogP contribution in [-0.2, 0) is 4.79 Å². The Balaban J connectivity index is 1.91. The number of rotatable bonds is 8. The molecule has 0 saturated carbocycles. The number of carbonyl (C=O) groups excluding carboxylic acids is 1. The number of carbonyl (C=O) groups is 1. The summed E-state index contributed by atoms with van der Waals surface area (Å²) in [6, 6.07) is 6.83. The van der Waals surface area contributed by atoms with E-state index in [9.17, 15) is 4.79 Å². The number of aromatic nitrogens is 2. The predicted molar refractivity (Wildman–Crippen MR) is 116 cm³/mol. The van der Waals surface area contributed by atoms with E-state index in [-0.39, 0.29) is 12.5 Å². The van der Waals surface area contributed by atoms with Gasteiger partial charge in [0.2, 0.25) is 5.91 Å². The van der Waals surface area contributed by atoms with Crippen LogP contribution in [0.3, 0.4) is 0 Å². The Bertz CT molecular complexity index is 1080. The maximum Gasteiger partial charge on any atom is 0.216 e. The standard InChI is InChI=1S/C20H22ClN5O4/c1-11(27)23-4-5-30-18-8-15-12(6-14(18)22)20(25-10-24-15)26-16-9-17(28-2)13(21)7-19(16)29-3/h6-10H,4-5,22H2,1-3H3,(H,23,27)(H,24,25,26). The lowest BCUT2D eigenvalue weighted by molar-refractivity contribution is -0.119. The fourth-order valence-corrected chi connectivity index (χ4v) is 3.03. The van der Waals surface area contributed by atoms with Crippen molar-refractivity contribution >= 4 is 45.6 Å². The van der Waals surface area contributed by atoms with Crippen LogP contribution in [0.5, 0.6) is 17.2 Å². The van der Waals surface area contributed by atoms with Crippen LogP contribution in [0, 0.1) is 0 Å². The molecule has 1 aromatic heterocycles. The van der Waals surface area contributed by atoms with Crippen LogP contribution < -0.4 is 30.6 Å². The summed E-state index contributed by atoms with van der Waals surface area (Å²) in [5, 5.41) is 7.01. The van der Waals surface area contributed by atoms with Crippen molar-refractivity contribution in [3.8, 4) is 17.2 Å². The van der Waals surface area contributed by atoms with Crippen molar-refractivity contribution in [2.24, 2.45) is 0 Å². The molecule has 0 radical (unpaired) electrons. The first-order valence-corrected chi connectivity index (χ1v) is 9.40. The molecule has 0 fully saturated rings. The quantitative estimate of drug-likeness (QED) is 0.367. The number of methoxy groups -OCH3 is 2. The highest BCUT2D eigenvalue weighted by atomic mass is 35.5. The number of amides is 1. The molecule has 4 N–H and O–H groups in total. The second-order valence-electron chi connectivity index (χ2n) is 6.27. The van der Waals surface area contributed by atoms with Gasteiger partial charge in [-0.25, -0.2) is 9.97 Å². The molecule has 3 aromatic rings. The topological polar surface area (TPSA) is 121 Å². The van der Waals surface area contributed by atoms with E-state index in [1.807, 2.05) is 0 Å². The van der Waals surface area contributed by atoms with Gasteiger partial charge in [-0.3, -0.25) is 4.79 Å². The van der Waals surface area contributed by atoms with Gasteiger partial charge in [0.05, 0.1) is 42.7 Å². The van der Waals surface area contributed by atoms with E-state index in [4.69, 9.17) is 31.5 Å². The average molecular weight is 432 g/mol. The molecular weight excluding hydrogens is 410 g/mol. The molecule has 0 atom stereocenters. The molecule has 0 aliphatic carbocycles. The van der Waals surface area contributed by atoms with Crippen molar-refractivity contribution in [2.75, 3.05) is 38.4 Å². The first kappa shape index (κ1) is 21.3. The molecule has 0 bridgehead atoms. The number of fused-ring (bicyclic) bond motifs is 1. The predicted octanol–water partition coefficient (Wildman–Crippen LogP) is 3.14. The summed E-state index contributed by atoms with van der Waals surface area (Å²) < 4.78 is 16.3. The molecule has 158 valence electrons. The van der Waals surface area contributed by atoms with Crippen LogP contribution >= 0.6 is 11.6 Å². The first-order chi connectivity index (χ1) is 14.4. The summed E-state index contributed by atoms with van der Waals surface area (Å²) >= 11 is 6.17. The minimum Gasteiger partial charge on any atom is -0.495 e. The Morgan fingerprint density at radius 3 is 2.57 bits per heavy atom. The highest BCUT2D eigenvalue weighted by Crippen LogP contribution is 2.38. The van der Waals surface area contributed by atoms with Gasteiger partial charge in [0, 0.05) is 30.5 Å². The number of hydrogen-bond acceptors (Lipinski definition) is 8. The lowest BCUT2D eigenvalue weighted by Gasteiger charge is -2.15.